The minimum absolute atomic E-state index is 0.118. The Labute approximate surface area is 130 Å². The lowest BCUT2D eigenvalue weighted by atomic mass is 9.85. The summed E-state index contributed by atoms with van der Waals surface area (Å²) in [5, 5.41) is 14.8. The van der Waals surface area contributed by atoms with E-state index in [4.69, 9.17) is 4.74 Å². The number of nitrogens with one attached hydrogen (secondary N) is 1. The normalized spacial score (nSPS) is 22.4. The summed E-state index contributed by atoms with van der Waals surface area (Å²) in [7, 11) is 0. The van der Waals surface area contributed by atoms with Crippen LogP contribution in [0.15, 0.2) is 24.3 Å². The van der Waals surface area contributed by atoms with Crippen LogP contribution < -0.4 is 5.32 Å². The van der Waals surface area contributed by atoms with Gasteiger partial charge >= 0.3 is 0 Å². The average molecular weight is 305 g/mol. The van der Waals surface area contributed by atoms with Gasteiger partial charge in [0, 0.05) is 57.1 Å². The van der Waals surface area contributed by atoms with Crippen molar-refractivity contribution in [3.8, 4) is 0 Å². The van der Waals surface area contributed by atoms with E-state index in [1.165, 1.54) is 0 Å². The molecule has 0 aliphatic carbocycles. The van der Waals surface area contributed by atoms with Crippen molar-refractivity contribution in [2.24, 2.45) is 5.92 Å². The predicted octanol–water partition coefficient (Wildman–Crippen LogP) is 1.97. The molecular weight excluding hydrogens is 282 g/mol. The van der Waals surface area contributed by atoms with Gasteiger partial charge in [0.2, 0.25) is 0 Å². The molecule has 1 N–H and O–H groups in total. The van der Waals surface area contributed by atoms with Gasteiger partial charge in [-0.05, 0) is 18.8 Å². The van der Waals surface area contributed by atoms with E-state index >= 15 is 0 Å². The Balaban J connectivity index is 1.95. The van der Waals surface area contributed by atoms with E-state index in [-0.39, 0.29) is 16.7 Å². The molecule has 6 nitrogen and oxygen atoms in total. The summed E-state index contributed by atoms with van der Waals surface area (Å²) in [5.41, 5.74) is 1.11. The van der Waals surface area contributed by atoms with Gasteiger partial charge in [0.15, 0.2) is 0 Å². The third-order valence-corrected chi connectivity index (χ3v) is 4.71. The van der Waals surface area contributed by atoms with E-state index in [9.17, 15) is 10.1 Å². The van der Waals surface area contributed by atoms with E-state index in [1.807, 2.05) is 12.1 Å². The molecule has 0 amide bonds. The number of nitro benzene ring substituents is 1. The third kappa shape index (κ3) is 3.29. The standard InChI is InChI=1S/C16H23N3O3/c20-19(21)15-4-2-1-3-14(15)16(13-5-11-22-12-6-13)18-9-7-17-8-10-18/h1-4,13,16-17H,5-12H2/t16-/m0/s1. The number of hydrogen-bond acceptors (Lipinski definition) is 5. The number of rotatable bonds is 4. The first-order valence-electron chi connectivity index (χ1n) is 8.03. The molecule has 6 heteroatoms. The van der Waals surface area contributed by atoms with E-state index in [0.717, 1.165) is 57.8 Å². The topological polar surface area (TPSA) is 67.6 Å². The van der Waals surface area contributed by atoms with Gasteiger partial charge < -0.3 is 10.1 Å². The number of ether oxygens (including phenoxy) is 1. The van der Waals surface area contributed by atoms with Crippen LogP contribution in [0.4, 0.5) is 5.69 Å². The van der Waals surface area contributed by atoms with Crippen molar-refractivity contribution in [2.75, 3.05) is 39.4 Å². The quantitative estimate of drug-likeness (QED) is 0.680. The van der Waals surface area contributed by atoms with Crippen LogP contribution in [0.1, 0.15) is 24.4 Å². The van der Waals surface area contributed by atoms with Crippen LogP contribution >= 0.6 is 0 Å². The van der Waals surface area contributed by atoms with Gasteiger partial charge in [0.1, 0.15) is 0 Å². The minimum atomic E-state index is -0.246. The summed E-state index contributed by atoms with van der Waals surface area (Å²) in [6.45, 7) is 5.28. The highest BCUT2D eigenvalue weighted by Crippen LogP contribution is 2.39. The third-order valence-electron chi connectivity index (χ3n) is 4.71. The highest BCUT2D eigenvalue weighted by atomic mass is 16.6. The first-order chi connectivity index (χ1) is 10.8. The van der Waals surface area contributed by atoms with Crippen molar-refractivity contribution in [1.82, 2.24) is 10.2 Å². The predicted molar refractivity (Wildman–Crippen MR) is 83.8 cm³/mol. The molecule has 0 bridgehead atoms. The number of nitrogens with zero attached hydrogens (tertiary/aromatic N) is 2. The van der Waals surface area contributed by atoms with Crippen LogP contribution in [0.25, 0.3) is 0 Å². The molecule has 2 aliphatic heterocycles. The monoisotopic (exact) mass is 305 g/mol. The summed E-state index contributed by atoms with van der Waals surface area (Å²) in [4.78, 5) is 13.6. The summed E-state index contributed by atoms with van der Waals surface area (Å²) >= 11 is 0. The molecule has 0 spiro atoms. The van der Waals surface area contributed by atoms with Crippen molar-refractivity contribution < 1.29 is 9.66 Å². The molecule has 3 rings (SSSR count). The Morgan fingerprint density at radius 1 is 1.23 bits per heavy atom. The second-order valence-electron chi connectivity index (χ2n) is 6.00. The first kappa shape index (κ1) is 15.4. The zero-order chi connectivity index (χ0) is 15.4. The van der Waals surface area contributed by atoms with E-state index in [1.54, 1.807) is 12.1 Å². The van der Waals surface area contributed by atoms with Gasteiger partial charge in [0.25, 0.3) is 5.69 Å². The van der Waals surface area contributed by atoms with Crippen molar-refractivity contribution >= 4 is 5.69 Å². The van der Waals surface area contributed by atoms with Gasteiger partial charge in [-0.3, -0.25) is 15.0 Å². The Bertz CT molecular complexity index is 493. The fourth-order valence-electron chi connectivity index (χ4n) is 3.64. The molecule has 2 heterocycles. The fourth-order valence-corrected chi connectivity index (χ4v) is 3.64. The second kappa shape index (κ2) is 7.17. The maximum absolute atomic E-state index is 11.4. The van der Waals surface area contributed by atoms with Crippen LogP contribution in [0, 0.1) is 16.0 Å². The van der Waals surface area contributed by atoms with Crippen molar-refractivity contribution in [3.05, 3.63) is 39.9 Å². The Morgan fingerprint density at radius 2 is 1.91 bits per heavy atom. The molecule has 0 saturated carbocycles. The number of hydrogen-bond donors (Lipinski definition) is 1. The lowest BCUT2D eigenvalue weighted by Gasteiger charge is -2.40. The minimum Gasteiger partial charge on any atom is -0.381 e. The summed E-state index contributed by atoms with van der Waals surface area (Å²) in [6.07, 6.45) is 1.95. The van der Waals surface area contributed by atoms with E-state index in [0.29, 0.717) is 5.92 Å². The molecule has 0 unspecified atom stereocenters. The van der Waals surface area contributed by atoms with E-state index < -0.39 is 0 Å². The zero-order valence-electron chi connectivity index (χ0n) is 12.7. The molecule has 2 aliphatic rings. The summed E-state index contributed by atoms with van der Waals surface area (Å²) in [5.74, 6) is 0.424. The van der Waals surface area contributed by atoms with E-state index in [2.05, 4.69) is 10.2 Å². The van der Waals surface area contributed by atoms with Gasteiger partial charge in [-0.15, -0.1) is 0 Å². The molecule has 0 aromatic heterocycles. The second-order valence-corrected chi connectivity index (χ2v) is 6.00. The van der Waals surface area contributed by atoms with Crippen molar-refractivity contribution in [2.45, 2.75) is 18.9 Å². The molecular formula is C16H23N3O3. The molecule has 0 radical (unpaired) electrons. The first-order valence-corrected chi connectivity index (χ1v) is 8.03. The molecule has 2 fully saturated rings. The molecule has 2 saturated heterocycles. The highest BCUT2D eigenvalue weighted by molar-refractivity contribution is 5.42. The lowest BCUT2D eigenvalue weighted by Crippen LogP contribution is -2.47. The summed E-state index contributed by atoms with van der Waals surface area (Å²) in [6, 6.07) is 7.34. The smallest absolute Gasteiger partial charge is 0.274 e. The van der Waals surface area contributed by atoms with Crippen molar-refractivity contribution in [1.29, 1.82) is 0 Å². The Morgan fingerprint density at radius 3 is 2.59 bits per heavy atom. The van der Waals surface area contributed by atoms with Crippen molar-refractivity contribution in [3.63, 3.8) is 0 Å². The van der Waals surface area contributed by atoms with Gasteiger partial charge in [0.05, 0.1) is 4.92 Å². The van der Waals surface area contributed by atoms with Crippen LogP contribution in [0.5, 0.6) is 0 Å². The molecule has 22 heavy (non-hydrogen) atoms. The molecule has 1 aromatic carbocycles. The number of nitro groups is 1. The number of piperazine rings is 1. The summed E-state index contributed by atoms with van der Waals surface area (Å²) < 4.78 is 5.49. The maximum Gasteiger partial charge on any atom is 0.274 e. The Hall–Kier alpha value is -1.50. The lowest BCUT2D eigenvalue weighted by molar-refractivity contribution is -0.386. The number of para-hydroxylation sites is 1. The fraction of sp³-hybridized carbons (Fsp3) is 0.625. The molecule has 1 atom stereocenters. The highest BCUT2D eigenvalue weighted by Gasteiger charge is 2.34. The SMILES string of the molecule is O=[N+]([O-])c1ccccc1[C@H](C1CCOCC1)N1CCNCC1. The van der Waals surface area contributed by atoms with Gasteiger partial charge in [-0.25, -0.2) is 0 Å². The van der Waals surface area contributed by atoms with Gasteiger partial charge in [-0.2, -0.15) is 0 Å². The van der Waals surface area contributed by atoms with Crippen LogP contribution in [0.3, 0.4) is 0 Å². The largest absolute Gasteiger partial charge is 0.381 e. The van der Waals surface area contributed by atoms with Crippen LogP contribution in [-0.4, -0.2) is 49.2 Å². The molecule has 1 aromatic rings. The molecule has 120 valence electrons. The zero-order valence-corrected chi connectivity index (χ0v) is 12.7. The van der Waals surface area contributed by atoms with Crippen LogP contribution in [0.2, 0.25) is 0 Å². The van der Waals surface area contributed by atoms with Gasteiger partial charge in [-0.1, -0.05) is 18.2 Å². The number of benzene rings is 1. The average Bonchev–Trinajstić information content (AvgIpc) is 2.57. The van der Waals surface area contributed by atoms with Crippen LogP contribution in [-0.2, 0) is 4.74 Å². The maximum atomic E-state index is 11.4. The Kier molecular flexibility index (Phi) is 5.02.